The van der Waals surface area contributed by atoms with E-state index in [-0.39, 0.29) is 12.7 Å². The molecule has 3 heterocycles. The summed E-state index contributed by atoms with van der Waals surface area (Å²) in [4.78, 5) is 18.4. The molecule has 0 saturated carbocycles. The van der Waals surface area contributed by atoms with Gasteiger partial charge in [0.1, 0.15) is 30.1 Å². The number of rotatable bonds is 7. The number of nitrogens with two attached hydrogens (primary N) is 1. The second-order valence-corrected chi connectivity index (χ2v) is 9.64. The highest BCUT2D eigenvalue weighted by Gasteiger charge is 2.42. The van der Waals surface area contributed by atoms with Crippen LogP contribution in [0.25, 0.3) is 11.0 Å². The molecule has 0 aromatic carbocycles. The fraction of sp³-hybridized carbons (Fsp3) is 0.647. The molecule has 0 aliphatic carbocycles. The van der Waals surface area contributed by atoms with Crippen LogP contribution in [-0.2, 0) is 18.6 Å². The van der Waals surface area contributed by atoms with Gasteiger partial charge < -0.3 is 29.2 Å². The van der Waals surface area contributed by atoms with Crippen molar-refractivity contribution >= 4 is 24.4 Å². The van der Waals surface area contributed by atoms with Crippen molar-refractivity contribution in [1.82, 2.24) is 14.5 Å². The molecule has 1 saturated heterocycles. The van der Waals surface area contributed by atoms with E-state index in [1.54, 1.807) is 13.8 Å². The van der Waals surface area contributed by atoms with Crippen LogP contribution >= 0.6 is 7.60 Å². The van der Waals surface area contributed by atoms with E-state index in [4.69, 9.17) is 19.7 Å². The first-order valence-electron chi connectivity index (χ1n) is 9.04. The molecular weight excluding hydrogens is 371 g/mol. The SMILES string of the molecule is CC(C)OC[C@H]1O[C@@H](n2ccc3c(N)ncnc32)C[C@@H]1OP(=O)(O)C(C)C. The number of ether oxygens (including phenoxy) is 2. The maximum Gasteiger partial charge on any atom is 0.330 e. The molecule has 3 N–H and O–H groups in total. The van der Waals surface area contributed by atoms with Gasteiger partial charge >= 0.3 is 7.60 Å². The Morgan fingerprint density at radius 1 is 1.41 bits per heavy atom. The van der Waals surface area contributed by atoms with Crippen molar-refractivity contribution in [2.75, 3.05) is 12.3 Å². The van der Waals surface area contributed by atoms with Crippen LogP contribution in [0.4, 0.5) is 5.82 Å². The van der Waals surface area contributed by atoms with Gasteiger partial charge in [0, 0.05) is 12.6 Å². The van der Waals surface area contributed by atoms with Crippen LogP contribution < -0.4 is 5.73 Å². The Kier molecular flexibility index (Phi) is 5.88. The van der Waals surface area contributed by atoms with Crippen molar-refractivity contribution in [3.8, 4) is 0 Å². The van der Waals surface area contributed by atoms with E-state index >= 15 is 0 Å². The highest BCUT2D eigenvalue weighted by Crippen LogP contribution is 2.51. The molecule has 2 aromatic rings. The minimum absolute atomic E-state index is 0.0132. The van der Waals surface area contributed by atoms with Crippen molar-refractivity contribution in [1.29, 1.82) is 0 Å². The minimum atomic E-state index is -3.75. The molecule has 0 amide bonds. The highest BCUT2D eigenvalue weighted by atomic mass is 31.2. The molecule has 1 unspecified atom stereocenters. The first kappa shape index (κ1) is 20.2. The molecule has 10 heteroatoms. The van der Waals surface area contributed by atoms with E-state index in [0.717, 1.165) is 5.39 Å². The average Bonchev–Trinajstić information content (AvgIpc) is 3.17. The molecule has 4 atom stereocenters. The van der Waals surface area contributed by atoms with Crippen LogP contribution in [0.2, 0.25) is 0 Å². The zero-order valence-corrected chi connectivity index (χ0v) is 16.9. The largest absolute Gasteiger partial charge is 0.383 e. The van der Waals surface area contributed by atoms with Gasteiger partial charge in [-0.25, -0.2) is 9.97 Å². The topological polar surface area (TPSA) is 122 Å². The predicted octanol–water partition coefficient (Wildman–Crippen LogP) is 2.71. The summed E-state index contributed by atoms with van der Waals surface area (Å²) in [5, 5.41) is 0.732. The van der Waals surface area contributed by atoms with E-state index < -0.39 is 31.7 Å². The Balaban J connectivity index is 1.85. The zero-order chi connectivity index (χ0) is 19.8. The van der Waals surface area contributed by atoms with Crippen molar-refractivity contribution in [3.05, 3.63) is 18.6 Å². The Bertz CT molecular complexity index is 840. The third-order valence-corrected chi connectivity index (χ3v) is 6.44. The molecular formula is C17H27N4O5P. The molecule has 0 bridgehead atoms. The van der Waals surface area contributed by atoms with Gasteiger partial charge in [-0.15, -0.1) is 0 Å². The number of anilines is 1. The van der Waals surface area contributed by atoms with Crippen LogP contribution in [0, 0.1) is 0 Å². The summed E-state index contributed by atoms with van der Waals surface area (Å²) in [6.45, 7) is 7.44. The number of aromatic nitrogens is 3. The summed E-state index contributed by atoms with van der Waals surface area (Å²) >= 11 is 0. The number of nitrogen functional groups attached to an aromatic ring is 1. The molecule has 150 valence electrons. The van der Waals surface area contributed by atoms with Crippen LogP contribution in [-0.4, -0.2) is 50.0 Å². The molecule has 27 heavy (non-hydrogen) atoms. The van der Waals surface area contributed by atoms with E-state index in [1.807, 2.05) is 30.7 Å². The normalized spacial score (nSPS) is 25.5. The zero-order valence-electron chi connectivity index (χ0n) is 16.0. The van der Waals surface area contributed by atoms with E-state index in [9.17, 15) is 9.46 Å². The van der Waals surface area contributed by atoms with Crippen LogP contribution in [0.3, 0.4) is 0 Å². The molecule has 0 spiro atoms. The van der Waals surface area contributed by atoms with Crippen molar-refractivity contribution in [2.45, 2.75) is 64.3 Å². The molecule has 9 nitrogen and oxygen atoms in total. The first-order valence-corrected chi connectivity index (χ1v) is 10.7. The van der Waals surface area contributed by atoms with Crippen LogP contribution in [0.5, 0.6) is 0 Å². The third-order valence-electron chi connectivity index (χ3n) is 4.56. The van der Waals surface area contributed by atoms with Gasteiger partial charge in [0.05, 0.1) is 29.9 Å². The lowest BCUT2D eigenvalue weighted by Crippen LogP contribution is -2.30. The molecule has 0 radical (unpaired) electrons. The van der Waals surface area contributed by atoms with Gasteiger partial charge in [-0.3, -0.25) is 4.57 Å². The Labute approximate surface area is 158 Å². The Morgan fingerprint density at radius 2 is 2.15 bits per heavy atom. The predicted molar refractivity (Wildman–Crippen MR) is 101 cm³/mol. The summed E-state index contributed by atoms with van der Waals surface area (Å²) < 4.78 is 31.6. The van der Waals surface area contributed by atoms with Gasteiger partial charge in [-0.1, -0.05) is 13.8 Å². The van der Waals surface area contributed by atoms with Gasteiger partial charge in [0.2, 0.25) is 0 Å². The molecule has 1 aliphatic heterocycles. The number of nitrogens with zero attached hydrogens (tertiary/aromatic N) is 3. The maximum atomic E-state index is 12.4. The van der Waals surface area contributed by atoms with Crippen LogP contribution in [0.15, 0.2) is 18.6 Å². The number of fused-ring (bicyclic) bond motifs is 1. The van der Waals surface area contributed by atoms with Gasteiger partial charge in [0.15, 0.2) is 0 Å². The van der Waals surface area contributed by atoms with E-state index in [0.29, 0.717) is 17.9 Å². The monoisotopic (exact) mass is 398 g/mol. The summed E-state index contributed by atoms with van der Waals surface area (Å²) in [6, 6.07) is 1.83. The van der Waals surface area contributed by atoms with Crippen molar-refractivity contribution in [2.24, 2.45) is 0 Å². The quantitative estimate of drug-likeness (QED) is 0.683. The standard InChI is InChI=1S/C17H27N4O5P/c1-10(2)24-8-14-13(26-27(22,23)11(3)4)7-15(25-14)21-6-5-12-16(18)19-9-20-17(12)21/h5-6,9-11,13-15H,7-8H2,1-4H3,(H,22,23)(H2,18,19,20)/t13-,14+,15+/m0/s1. The summed E-state index contributed by atoms with van der Waals surface area (Å²) in [5.74, 6) is 0.393. The highest BCUT2D eigenvalue weighted by molar-refractivity contribution is 7.53. The summed E-state index contributed by atoms with van der Waals surface area (Å²) in [7, 11) is -3.75. The number of hydrogen-bond donors (Lipinski definition) is 2. The number of hydrogen-bond acceptors (Lipinski definition) is 7. The summed E-state index contributed by atoms with van der Waals surface area (Å²) in [5.41, 5.74) is 6.05. The third kappa shape index (κ3) is 4.33. The molecule has 2 aromatic heterocycles. The fourth-order valence-corrected chi connectivity index (χ4v) is 3.81. The van der Waals surface area contributed by atoms with Gasteiger partial charge in [-0.05, 0) is 19.9 Å². The Morgan fingerprint density at radius 3 is 2.81 bits per heavy atom. The lowest BCUT2D eigenvalue weighted by Gasteiger charge is -2.24. The van der Waals surface area contributed by atoms with Crippen LogP contribution in [0.1, 0.15) is 40.3 Å². The molecule has 3 rings (SSSR count). The molecule has 1 aliphatic rings. The molecule has 1 fully saturated rings. The fourth-order valence-electron chi connectivity index (χ4n) is 2.96. The van der Waals surface area contributed by atoms with Crippen molar-refractivity contribution in [3.63, 3.8) is 0 Å². The summed E-state index contributed by atoms with van der Waals surface area (Å²) in [6.07, 6.45) is 2.20. The second-order valence-electron chi connectivity index (χ2n) is 7.27. The lowest BCUT2D eigenvalue weighted by molar-refractivity contribution is -0.0703. The van der Waals surface area contributed by atoms with Crippen molar-refractivity contribution < 1.29 is 23.5 Å². The second kappa shape index (κ2) is 7.85. The minimum Gasteiger partial charge on any atom is -0.383 e. The maximum absolute atomic E-state index is 12.4. The van der Waals surface area contributed by atoms with E-state index in [2.05, 4.69) is 9.97 Å². The van der Waals surface area contributed by atoms with Gasteiger partial charge in [0.25, 0.3) is 0 Å². The smallest absolute Gasteiger partial charge is 0.330 e. The lowest BCUT2D eigenvalue weighted by atomic mass is 10.2. The van der Waals surface area contributed by atoms with E-state index in [1.165, 1.54) is 6.33 Å². The average molecular weight is 398 g/mol. The van der Waals surface area contributed by atoms with Gasteiger partial charge in [-0.2, -0.15) is 0 Å². The first-order chi connectivity index (χ1) is 12.7. The Hall–Kier alpha value is -1.51.